The maximum atomic E-state index is 4.77. The quantitative estimate of drug-likeness (QED) is 0.404. The molecule has 0 saturated carbocycles. The van der Waals surface area contributed by atoms with Gasteiger partial charge in [0, 0.05) is 12.2 Å². The van der Waals surface area contributed by atoms with E-state index < -0.39 is 0 Å². The first-order valence-electron chi connectivity index (χ1n) is 8.27. The molecule has 4 rings (SSSR count). The number of aromatic nitrogens is 2. The van der Waals surface area contributed by atoms with Crippen LogP contribution in [0.25, 0.3) is 17.4 Å². The van der Waals surface area contributed by atoms with Crippen LogP contribution in [0.3, 0.4) is 0 Å². The van der Waals surface area contributed by atoms with Crippen molar-refractivity contribution in [2.24, 2.45) is 5.92 Å². The summed E-state index contributed by atoms with van der Waals surface area (Å²) in [5.41, 5.74) is 6.76. The summed E-state index contributed by atoms with van der Waals surface area (Å²) in [6, 6.07) is 10.6. The number of aryl methyl sites for hydroxylation is 1. The van der Waals surface area contributed by atoms with Gasteiger partial charge in [0.05, 0.1) is 5.69 Å². The van der Waals surface area contributed by atoms with Gasteiger partial charge in [-0.25, -0.2) is 0 Å². The minimum atomic E-state index is 0.657. The lowest BCUT2D eigenvalue weighted by atomic mass is 10.0. The summed E-state index contributed by atoms with van der Waals surface area (Å²) in [7, 11) is 0. The summed E-state index contributed by atoms with van der Waals surface area (Å²) in [6.07, 6.45) is 3.31. The second kappa shape index (κ2) is 5.64. The third-order valence-corrected chi connectivity index (χ3v) is 5.40. The Morgan fingerprint density at radius 2 is 2.12 bits per heavy atom. The van der Waals surface area contributed by atoms with Gasteiger partial charge in [-0.2, -0.15) is 4.98 Å². The van der Waals surface area contributed by atoms with E-state index in [-0.39, 0.29) is 0 Å². The van der Waals surface area contributed by atoms with Crippen molar-refractivity contribution in [2.75, 3.05) is 0 Å². The lowest BCUT2D eigenvalue weighted by Gasteiger charge is -2.23. The summed E-state index contributed by atoms with van der Waals surface area (Å²) >= 11 is 1.80. The fourth-order valence-corrected chi connectivity index (χ4v) is 4.41. The zero-order valence-corrected chi connectivity index (χ0v) is 15.1. The normalized spacial score (nSPS) is 14.0. The van der Waals surface area contributed by atoms with Crippen molar-refractivity contribution in [3.8, 4) is 0 Å². The van der Waals surface area contributed by atoms with Crippen LogP contribution in [-0.2, 0) is 6.42 Å². The number of nitrogens with zero attached hydrogens (tertiary/aromatic N) is 3. The molecule has 1 aromatic carbocycles. The highest BCUT2D eigenvalue weighted by molar-refractivity contribution is 7.02. The number of hydrogen-bond acceptors (Lipinski definition) is 1. The molecular formula is C20H21N3S. The molecule has 1 aliphatic rings. The molecule has 0 bridgehead atoms. The van der Waals surface area contributed by atoms with Gasteiger partial charge in [0.15, 0.2) is 0 Å². The summed E-state index contributed by atoms with van der Waals surface area (Å²) in [6.45, 7) is 12.8. The first-order valence-corrected chi connectivity index (χ1v) is 9.04. The molecule has 1 aliphatic heterocycles. The van der Waals surface area contributed by atoms with Crippen molar-refractivity contribution >= 4 is 35.7 Å². The van der Waals surface area contributed by atoms with Crippen LogP contribution >= 0.6 is 11.5 Å². The molecule has 0 saturated heterocycles. The van der Waals surface area contributed by atoms with Crippen LogP contribution in [-0.4, -0.2) is 16.3 Å². The van der Waals surface area contributed by atoms with E-state index in [0.29, 0.717) is 5.92 Å². The van der Waals surface area contributed by atoms with Crippen LogP contribution < -0.4 is 3.79 Å². The lowest BCUT2D eigenvalue weighted by Crippen LogP contribution is -2.20. The molecule has 0 spiro atoms. The topological polar surface area (TPSA) is 20.0 Å². The fourth-order valence-electron chi connectivity index (χ4n) is 3.18. The van der Waals surface area contributed by atoms with Crippen LogP contribution in [0.2, 0.25) is 0 Å². The Bertz CT molecular complexity index is 972. The first kappa shape index (κ1) is 15.2. The summed E-state index contributed by atoms with van der Waals surface area (Å²) < 4.78 is 4.17. The first-order chi connectivity index (χ1) is 11.5. The molecule has 2 aromatic heterocycles. The fraction of sp³-hybridized carbons (Fsp3) is 0.250. The van der Waals surface area contributed by atoms with Gasteiger partial charge in [-0.3, -0.25) is 0 Å². The Morgan fingerprint density at radius 3 is 2.88 bits per heavy atom. The molecule has 0 aliphatic carbocycles. The second-order valence-electron chi connectivity index (χ2n) is 6.78. The number of imidazole rings is 1. The average molecular weight is 335 g/mol. The molecule has 0 amide bonds. The summed E-state index contributed by atoms with van der Waals surface area (Å²) in [4.78, 5) is 6.16. The van der Waals surface area contributed by atoms with E-state index in [1.165, 1.54) is 16.0 Å². The number of benzene rings is 1. The number of hydrogen-bond donors (Lipinski definition) is 0. The lowest BCUT2D eigenvalue weighted by molar-refractivity contribution is -0.436. The minimum Gasteiger partial charge on any atom is -0.411 e. The predicted octanol–water partition coefficient (Wildman–Crippen LogP) is 3.84. The molecule has 0 N–H and O–H groups in total. The van der Waals surface area contributed by atoms with Crippen molar-refractivity contribution in [1.82, 2.24) is 4.98 Å². The van der Waals surface area contributed by atoms with Crippen LogP contribution in [0.4, 0.5) is 0 Å². The van der Waals surface area contributed by atoms with E-state index in [4.69, 9.17) is 4.98 Å². The Labute approximate surface area is 146 Å². The Hall–Kier alpha value is -2.33. The maximum absolute atomic E-state index is 4.77. The van der Waals surface area contributed by atoms with E-state index in [0.717, 1.165) is 29.2 Å². The van der Waals surface area contributed by atoms with E-state index in [2.05, 4.69) is 67.7 Å². The van der Waals surface area contributed by atoms with E-state index in [9.17, 15) is 0 Å². The molecular weight excluding hydrogens is 314 g/mol. The van der Waals surface area contributed by atoms with Gasteiger partial charge in [-0.05, 0) is 25.6 Å². The molecule has 4 heteroatoms. The van der Waals surface area contributed by atoms with E-state index in [1.54, 1.807) is 11.5 Å². The van der Waals surface area contributed by atoms with Gasteiger partial charge >= 0.3 is 0 Å². The third kappa shape index (κ3) is 2.47. The van der Waals surface area contributed by atoms with Gasteiger partial charge in [0.25, 0.3) is 11.5 Å². The molecule has 0 unspecified atom stereocenters. The number of rotatable bonds is 3. The van der Waals surface area contributed by atoms with E-state index >= 15 is 0 Å². The van der Waals surface area contributed by atoms with Gasteiger partial charge < -0.3 is 4.58 Å². The molecule has 0 fully saturated rings. The van der Waals surface area contributed by atoms with E-state index in [1.807, 2.05) is 11.1 Å². The molecule has 3 heterocycles. The van der Waals surface area contributed by atoms with Gasteiger partial charge in [-0.1, -0.05) is 55.7 Å². The SMILES string of the molecule is C=[N+]1[CH-]c2nc3c[c-](CC(C)C)[s+][n+]3[c-]2C=C1c1ccccc1C. The van der Waals surface area contributed by atoms with Gasteiger partial charge in [0.1, 0.15) is 10.6 Å². The molecule has 3 nitrogen and oxygen atoms in total. The van der Waals surface area contributed by atoms with Crippen LogP contribution in [0.15, 0.2) is 30.3 Å². The van der Waals surface area contributed by atoms with Crippen molar-refractivity contribution in [2.45, 2.75) is 27.2 Å². The smallest absolute Gasteiger partial charge is 0.293 e. The molecule has 3 aromatic rings. The maximum Gasteiger partial charge on any atom is 0.293 e. The summed E-state index contributed by atoms with van der Waals surface area (Å²) in [5, 5.41) is 0. The molecule has 0 atom stereocenters. The van der Waals surface area contributed by atoms with Crippen molar-refractivity contribution in [3.63, 3.8) is 0 Å². The molecule has 122 valence electrons. The zero-order valence-electron chi connectivity index (χ0n) is 14.3. The second-order valence-corrected chi connectivity index (χ2v) is 7.85. The van der Waals surface area contributed by atoms with Crippen molar-refractivity contribution < 1.29 is 8.37 Å². The monoisotopic (exact) mass is 335 g/mol. The van der Waals surface area contributed by atoms with Crippen LogP contribution in [0, 0.1) is 19.4 Å². The molecule has 0 radical (unpaired) electrons. The van der Waals surface area contributed by atoms with Crippen LogP contribution in [0.1, 0.15) is 41.2 Å². The van der Waals surface area contributed by atoms with Gasteiger partial charge in [0.2, 0.25) is 5.65 Å². The van der Waals surface area contributed by atoms with Gasteiger partial charge in [-0.15, -0.1) is 9.87 Å². The van der Waals surface area contributed by atoms with Crippen molar-refractivity contribution in [3.05, 3.63) is 64.3 Å². The molecule has 24 heavy (non-hydrogen) atoms. The van der Waals surface area contributed by atoms with Crippen molar-refractivity contribution in [1.29, 1.82) is 0 Å². The highest BCUT2D eigenvalue weighted by atomic mass is 32.1. The standard InChI is InChI=1S/C20H21N3S/c1-13(2)9-15-10-20-21-17-12-22(4)18(11-19(17)23(20)24-15)16-8-6-5-7-14(16)3/h5-8,10-13H,4,9H2,1-3H3. The Morgan fingerprint density at radius 1 is 1.33 bits per heavy atom. The highest BCUT2D eigenvalue weighted by Gasteiger charge is 2.23. The Balaban J connectivity index is 1.84. The van der Waals surface area contributed by atoms with Crippen LogP contribution in [0.5, 0.6) is 0 Å². The largest absolute Gasteiger partial charge is 0.411 e. The number of fused-ring (bicyclic) bond motifs is 3. The summed E-state index contributed by atoms with van der Waals surface area (Å²) in [5.74, 6) is 0.657. The Kier molecular flexibility index (Phi) is 3.57. The average Bonchev–Trinajstić information content (AvgIpc) is 3.03. The predicted molar refractivity (Wildman–Crippen MR) is 99.2 cm³/mol. The third-order valence-electron chi connectivity index (χ3n) is 4.31. The zero-order chi connectivity index (χ0) is 16.8. The minimum absolute atomic E-state index is 0.657. The highest BCUT2D eigenvalue weighted by Crippen LogP contribution is 2.29.